The summed E-state index contributed by atoms with van der Waals surface area (Å²) in [6.07, 6.45) is 0. The standard InChI is InChI=1S/C24H27NO6/c1-16-23(17-4-7-20(27-2)22(14-17)28-3)24(26)19-6-5-18(15-21(19)31-16)30-13-10-25-8-11-29-12-9-25/h4-7,14-15H,8-13H2,1-3H3. The lowest BCUT2D eigenvalue weighted by atomic mass is 10.0. The molecule has 0 radical (unpaired) electrons. The summed E-state index contributed by atoms with van der Waals surface area (Å²) in [7, 11) is 3.14. The van der Waals surface area contributed by atoms with Gasteiger partial charge in [0.05, 0.1) is 38.4 Å². The summed E-state index contributed by atoms with van der Waals surface area (Å²) < 4.78 is 27.9. The molecular formula is C24H27NO6. The molecule has 164 valence electrons. The molecule has 0 N–H and O–H groups in total. The van der Waals surface area contributed by atoms with Crippen molar-refractivity contribution in [2.24, 2.45) is 0 Å². The van der Waals surface area contributed by atoms with Crippen LogP contribution in [-0.4, -0.2) is 58.6 Å². The van der Waals surface area contributed by atoms with Gasteiger partial charge in [-0.2, -0.15) is 0 Å². The highest BCUT2D eigenvalue weighted by molar-refractivity contribution is 5.84. The van der Waals surface area contributed by atoms with Crippen LogP contribution in [0.1, 0.15) is 5.76 Å². The van der Waals surface area contributed by atoms with Crippen molar-refractivity contribution in [1.29, 1.82) is 0 Å². The summed E-state index contributed by atoms with van der Waals surface area (Å²) in [6.45, 7) is 6.58. The quantitative estimate of drug-likeness (QED) is 0.574. The lowest BCUT2D eigenvalue weighted by Crippen LogP contribution is -2.38. The molecule has 1 fully saturated rings. The van der Waals surface area contributed by atoms with Crippen LogP contribution in [0.3, 0.4) is 0 Å². The Bertz CT molecular complexity index is 1120. The largest absolute Gasteiger partial charge is 0.493 e. The average molecular weight is 425 g/mol. The zero-order chi connectivity index (χ0) is 21.8. The second-order valence-electron chi connectivity index (χ2n) is 7.39. The number of hydrogen-bond donors (Lipinski definition) is 0. The lowest BCUT2D eigenvalue weighted by molar-refractivity contribution is 0.0322. The molecule has 1 aromatic heterocycles. The molecule has 1 aliphatic rings. The predicted molar refractivity (Wildman–Crippen MR) is 119 cm³/mol. The number of ether oxygens (including phenoxy) is 4. The molecule has 0 saturated carbocycles. The number of hydrogen-bond acceptors (Lipinski definition) is 7. The van der Waals surface area contributed by atoms with Gasteiger partial charge < -0.3 is 23.4 Å². The molecule has 4 rings (SSSR count). The minimum Gasteiger partial charge on any atom is -0.493 e. The van der Waals surface area contributed by atoms with Crippen molar-refractivity contribution >= 4 is 11.0 Å². The molecule has 7 heteroatoms. The monoisotopic (exact) mass is 425 g/mol. The van der Waals surface area contributed by atoms with Gasteiger partial charge in [-0.05, 0) is 36.8 Å². The second kappa shape index (κ2) is 9.41. The highest BCUT2D eigenvalue weighted by Crippen LogP contribution is 2.33. The predicted octanol–water partition coefficient (Wildman–Crippen LogP) is 3.50. The number of aryl methyl sites for hydroxylation is 1. The summed E-state index contributed by atoms with van der Waals surface area (Å²) in [5, 5.41) is 0.510. The van der Waals surface area contributed by atoms with Crippen molar-refractivity contribution in [3.63, 3.8) is 0 Å². The Hall–Kier alpha value is -3.03. The van der Waals surface area contributed by atoms with Gasteiger partial charge in [0, 0.05) is 25.7 Å². The molecule has 2 heterocycles. The van der Waals surface area contributed by atoms with E-state index in [9.17, 15) is 4.79 Å². The maximum absolute atomic E-state index is 13.2. The Morgan fingerprint density at radius 1 is 1.00 bits per heavy atom. The van der Waals surface area contributed by atoms with Crippen LogP contribution in [-0.2, 0) is 4.74 Å². The summed E-state index contributed by atoms with van der Waals surface area (Å²) >= 11 is 0. The van der Waals surface area contributed by atoms with E-state index in [0.29, 0.717) is 46.1 Å². The SMILES string of the molecule is COc1ccc(-c2c(C)oc3cc(OCCN4CCOCC4)ccc3c2=O)cc1OC. The van der Waals surface area contributed by atoms with Crippen LogP contribution in [0.2, 0.25) is 0 Å². The van der Waals surface area contributed by atoms with Gasteiger partial charge in [0.25, 0.3) is 0 Å². The average Bonchev–Trinajstić information content (AvgIpc) is 2.79. The molecule has 0 atom stereocenters. The fourth-order valence-corrected chi connectivity index (χ4v) is 3.82. The van der Waals surface area contributed by atoms with Crippen LogP contribution in [0.5, 0.6) is 17.2 Å². The Kier molecular flexibility index (Phi) is 6.44. The van der Waals surface area contributed by atoms with Gasteiger partial charge in [-0.15, -0.1) is 0 Å². The molecule has 31 heavy (non-hydrogen) atoms. The van der Waals surface area contributed by atoms with Gasteiger partial charge in [0.2, 0.25) is 5.43 Å². The molecule has 0 amide bonds. The van der Waals surface area contributed by atoms with E-state index in [2.05, 4.69) is 4.90 Å². The van der Waals surface area contributed by atoms with E-state index < -0.39 is 0 Å². The first kappa shape index (κ1) is 21.2. The minimum atomic E-state index is -0.0918. The van der Waals surface area contributed by atoms with Gasteiger partial charge >= 0.3 is 0 Å². The normalized spacial score (nSPS) is 14.5. The molecule has 1 aliphatic heterocycles. The van der Waals surface area contributed by atoms with Crippen LogP contribution >= 0.6 is 0 Å². The first-order valence-corrected chi connectivity index (χ1v) is 10.3. The van der Waals surface area contributed by atoms with Crippen LogP contribution in [0.4, 0.5) is 0 Å². The number of fused-ring (bicyclic) bond motifs is 1. The molecule has 2 aromatic carbocycles. The molecule has 0 unspecified atom stereocenters. The van der Waals surface area contributed by atoms with Gasteiger partial charge in [-0.25, -0.2) is 0 Å². The molecular weight excluding hydrogens is 398 g/mol. The van der Waals surface area contributed by atoms with Gasteiger partial charge in [-0.3, -0.25) is 9.69 Å². The van der Waals surface area contributed by atoms with Gasteiger partial charge in [0.15, 0.2) is 11.5 Å². The van der Waals surface area contributed by atoms with E-state index in [4.69, 9.17) is 23.4 Å². The number of benzene rings is 2. The van der Waals surface area contributed by atoms with E-state index >= 15 is 0 Å². The van der Waals surface area contributed by atoms with Crippen molar-refractivity contribution in [3.8, 4) is 28.4 Å². The molecule has 0 aliphatic carbocycles. The van der Waals surface area contributed by atoms with Gasteiger partial charge in [0.1, 0.15) is 23.7 Å². The Labute approximate surface area is 181 Å². The van der Waals surface area contributed by atoms with E-state index in [-0.39, 0.29) is 5.43 Å². The van der Waals surface area contributed by atoms with E-state index in [1.165, 1.54) is 0 Å². The van der Waals surface area contributed by atoms with Gasteiger partial charge in [-0.1, -0.05) is 6.07 Å². The zero-order valence-corrected chi connectivity index (χ0v) is 18.1. The molecule has 0 bridgehead atoms. The highest BCUT2D eigenvalue weighted by Gasteiger charge is 2.16. The molecule has 7 nitrogen and oxygen atoms in total. The van der Waals surface area contributed by atoms with Crippen LogP contribution in [0.15, 0.2) is 45.6 Å². The Balaban J connectivity index is 1.59. The number of rotatable bonds is 7. The highest BCUT2D eigenvalue weighted by atomic mass is 16.5. The fourth-order valence-electron chi connectivity index (χ4n) is 3.82. The summed E-state index contributed by atoms with van der Waals surface area (Å²) in [4.78, 5) is 15.6. The third-order valence-corrected chi connectivity index (χ3v) is 5.49. The zero-order valence-electron chi connectivity index (χ0n) is 18.1. The molecule has 1 saturated heterocycles. The third-order valence-electron chi connectivity index (χ3n) is 5.49. The number of methoxy groups -OCH3 is 2. The van der Waals surface area contributed by atoms with Crippen molar-refractivity contribution in [1.82, 2.24) is 4.90 Å². The summed E-state index contributed by atoms with van der Waals surface area (Å²) in [6, 6.07) is 10.7. The number of nitrogens with zero attached hydrogens (tertiary/aromatic N) is 1. The molecule has 0 spiro atoms. The third kappa shape index (κ3) is 4.52. The topological polar surface area (TPSA) is 70.4 Å². The smallest absolute Gasteiger partial charge is 0.200 e. The minimum absolute atomic E-state index is 0.0918. The maximum Gasteiger partial charge on any atom is 0.200 e. The van der Waals surface area contributed by atoms with Crippen molar-refractivity contribution < 1.29 is 23.4 Å². The first-order valence-electron chi connectivity index (χ1n) is 10.3. The van der Waals surface area contributed by atoms with E-state index in [1.807, 2.05) is 12.1 Å². The van der Waals surface area contributed by atoms with Crippen LogP contribution in [0.25, 0.3) is 22.1 Å². The van der Waals surface area contributed by atoms with Crippen LogP contribution in [0, 0.1) is 6.92 Å². The van der Waals surface area contributed by atoms with E-state index in [0.717, 1.165) is 38.4 Å². The first-order chi connectivity index (χ1) is 15.1. The Morgan fingerprint density at radius 3 is 2.52 bits per heavy atom. The Morgan fingerprint density at radius 2 is 1.77 bits per heavy atom. The van der Waals surface area contributed by atoms with Crippen LogP contribution < -0.4 is 19.6 Å². The summed E-state index contributed by atoms with van der Waals surface area (Å²) in [5.74, 6) is 2.38. The molecule has 3 aromatic rings. The summed E-state index contributed by atoms with van der Waals surface area (Å²) in [5.41, 5.74) is 1.65. The van der Waals surface area contributed by atoms with E-state index in [1.54, 1.807) is 45.4 Å². The maximum atomic E-state index is 13.2. The van der Waals surface area contributed by atoms with Crippen molar-refractivity contribution in [2.75, 3.05) is 53.7 Å². The second-order valence-corrected chi connectivity index (χ2v) is 7.39. The van der Waals surface area contributed by atoms with Crippen molar-refractivity contribution in [2.45, 2.75) is 6.92 Å². The lowest BCUT2D eigenvalue weighted by Gasteiger charge is -2.26. The van der Waals surface area contributed by atoms with Crippen molar-refractivity contribution in [3.05, 3.63) is 52.4 Å². The fraction of sp³-hybridized carbons (Fsp3) is 0.375. The number of morpholine rings is 1.